The molecule has 0 radical (unpaired) electrons. The van der Waals surface area contributed by atoms with Crippen LogP contribution in [0.4, 0.5) is 17.1 Å². The zero-order valence-corrected chi connectivity index (χ0v) is 26.6. The maximum atomic E-state index is 2.63. The molecule has 0 N–H and O–H groups in total. The summed E-state index contributed by atoms with van der Waals surface area (Å²) in [5.41, 5.74) is 10.1. The van der Waals surface area contributed by atoms with Crippen LogP contribution in [-0.2, 0) is 5.41 Å². The smallest absolute Gasteiger partial charge is 0.0540 e. The van der Waals surface area contributed by atoms with Crippen LogP contribution in [-0.4, -0.2) is 0 Å². The molecule has 0 saturated heterocycles. The molecule has 0 heterocycles. The highest BCUT2D eigenvalue weighted by Crippen LogP contribution is 2.71. The summed E-state index contributed by atoms with van der Waals surface area (Å²) >= 11 is 0. The topological polar surface area (TPSA) is 3.24 Å². The van der Waals surface area contributed by atoms with Crippen LogP contribution in [0.15, 0.2) is 140 Å². The monoisotopic (exact) mass is 603 g/mol. The Kier molecular flexibility index (Phi) is 5.34. The van der Waals surface area contributed by atoms with Crippen LogP contribution in [0.5, 0.6) is 0 Å². The number of hydrogen-bond donors (Lipinski definition) is 0. The number of nitrogens with zero attached hydrogens (tertiary/aromatic N) is 1. The minimum Gasteiger partial charge on any atom is -0.310 e. The van der Waals surface area contributed by atoms with Gasteiger partial charge in [-0.05, 0) is 129 Å². The Morgan fingerprint density at radius 3 is 1.87 bits per heavy atom. The normalized spacial score (nSPS) is 25.1. The lowest BCUT2D eigenvalue weighted by molar-refractivity contribution is -0.0397. The highest BCUT2D eigenvalue weighted by Gasteiger charge is 2.62. The minimum atomic E-state index is 0.0752. The quantitative estimate of drug-likeness (QED) is 0.182. The molecule has 226 valence electrons. The van der Waals surface area contributed by atoms with Gasteiger partial charge < -0.3 is 4.90 Å². The summed E-state index contributed by atoms with van der Waals surface area (Å²) in [5.74, 6) is 3.24. The van der Waals surface area contributed by atoms with Gasteiger partial charge in [-0.2, -0.15) is 0 Å². The summed E-state index contributed by atoms with van der Waals surface area (Å²) in [7, 11) is 0. The summed E-state index contributed by atoms with van der Waals surface area (Å²) in [6.45, 7) is 0. The van der Waals surface area contributed by atoms with Crippen LogP contribution in [0.2, 0.25) is 0 Å². The summed E-state index contributed by atoms with van der Waals surface area (Å²) in [6, 6.07) is 53.0. The van der Waals surface area contributed by atoms with Crippen molar-refractivity contribution in [1.29, 1.82) is 0 Å². The maximum Gasteiger partial charge on any atom is 0.0540 e. The Morgan fingerprint density at radius 2 is 1.04 bits per heavy atom. The second-order valence-electron chi connectivity index (χ2n) is 14.9. The predicted octanol–water partition coefficient (Wildman–Crippen LogP) is 12.3. The van der Waals surface area contributed by atoms with Crippen molar-refractivity contribution >= 4 is 49.4 Å². The molecule has 47 heavy (non-hydrogen) atoms. The van der Waals surface area contributed by atoms with E-state index >= 15 is 0 Å². The molecule has 0 aliphatic heterocycles. The molecule has 5 aliphatic rings. The fourth-order valence-corrected chi connectivity index (χ4v) is 11.3. The first-order valence-electron chi connectivity index (χ1n) is 17.7. The predicted molar refractivity (Wildman–Crippen MR) is 197 cm³/mol. The van der Waals surface area contributed by atoms with Crippen LogP contribution in [0.1, 0.15) is 43.2 Å². The highest BCUT2D eigenvalue weighted by molar-refractivity contribution is 6.09. The largest absolute Gasteiger partial charge is 0.310 e. The second-order valence-corrected chi connectivity index (χ2v) is 14.9. The summed E-state index contributed by atoms with van der Waals surface area (Å²) in [6.07, 6.45) is 6.99. The molecule has 5 aliphatic carbocycles. The molecule has 1 spiro atoms. The first-order valence-corrected chi connectivity index (χ1v) is 17.7. The lowest BCUT2D eigenvalue weighted by atomic mass is 9.43. The van der Waals surface area contributed by atoms with Gasteiger partial charge in [0, 0.05) is 16.5 Å². The molecule has 4 saturated carbocycles. The molecule has 4 bridgehead atoms. The van der Waals surface area contributed by atoms with Gasteiger partial charge in [-0.1, -0.05) is 115 Å². The van der Waals surface area contributed by atoms with E-state index in [1.165, 1.54) is 92.6 Å². The van der Waals surface area contributed by atoms with Crippen LogP contribution >= 0.6 is 0 Å². The number of fused-ring (bicyclic) bond motifs is 7. The number of rotatable bonds is 3. The van der Waals surface area contributed by atoms with Gasteiger partial charge in [0.05, 0.1) is 11.4 Å². The average Bonchev–Trinajstić information content (AvgIpc) is 3.42. The van der Waals surface area contributed by atoms with Gasteiger partial charge in [0.15, 0.2) is 0 Å². The molecule has 1 nitrogen and oxygen atoms in total. The number of anilines is 3. The fourth-order valence-electron chi connectivity index (χ4n) is 11.3. The maximum absolute atomic E-state index is 2.63. The van der Waals surface area contributed by atoms with E-state index in [2.05, 4.69) is 144 Å². The van der Waals surface area contributed by atoms with Gasteiger partial charge in [0.1, 0.15) is 0 Å². The van der Waals surface area contributed by atoms with E-state index in [4.69, 9.17) is 0 Å². The van der Waals surface area contributed by atoms with Gasteiger partial charge in [-0.3, -0.25) is 0 Å². The Balaban J connectivity index is 1.22. The van der Waals surface area contributed by atoms with Gasteiger partial charge in [0.2, 0.25) is 0 Å². The van der Waals surface area contributed by atoms with Crippen molar-refractivity contribution in [2.75, 3.05) is 4.90 Å². The Bertz CT molecular complexity index is 2360. The average molecular weight is 604 g/mol. The Morgan fingerprint density at radius 1 is 0.447 bits per heavy atom. The number of benzene rings is 7. The van der Waals surface area contributed by atoms with Crippen molar-refractivity contribution in [2.45, 2.75) is 37.5 Å². The van der Waals surface area contributed by atoms with Crippen molar-refractivity contribution in [3.05, 3.63) is 151 Å². The van der Waals surface area contributed by atoms with Crippen molar-refractivity contribution < 1.29 is 0 Å². The molecule has 0 aromatic heterocycles. The van der Waals surface area contributed by atoms with Crippen molar-refractivity contribution in [2.24, 2.45) is 23.7 Å². The van der Waals surface area contributed by atoms with E-state index in [9.17, 15) is 0 Å². The third kappa shape index (κ3) is 3.50. The third-order valence-corrected chi connectivity index (χ3v) is 12.8. The van der Waals surface area contributed by atoms with E-state index in [0.717, 1.165) is 11.8 Å². The number of hydrogen-bond acceptors (Lipinski definition) is 1. The molecule has 0 unspecified atom stereocenters. The molecule has 0 amide bonds. The van der Waals surface area contributed by atoms with Gasteiger partial charge >= 0.3 is 0 Å². The second kappa shape index (κ2) is 9.58. The minimum absolute atomic E-state index is 0.0752. The Hall–Kier alpha value is -4.88. The van der Waals surface area contributed by atoms with E-state index in [-0.39, 0.29) is 5.41 Å². The zero-order chi connectivity index (χ0) is 30.7. The summed E-state index contributed by atoms with van der Waals surface area (Å²) in [4.78, 5) is 2.63. The van der Waals surface area contributed by atoms with Crippen LogP contribution in [0, 0.1) is 23.7 Å². The molecule has 1 heteroatoms. The lowest BCUT2D eigenvalue weighted by Gasteiger charge is -2.61. The summed E-state index contributed by atoms with van der Waals surface area (Å²) in [5, 5.41) is 7.78. The molecule has 7 aromatic rings. The van der Waals surface area contributed by atoms with Crippen LogP contribution in [0.25, 0.3) is 43.4 Å². The lowest BCUT2D eigenvalue weighted by Crippen LogP contribution is -2.55. The molecular weight excluding hydrogens is 567 g/mol. The van der Waals surface area contributed by atoms with E-state index in [1.807, 2.05) is 0 Å². The van der Waals surface area contributed by atoms with Gasteiger partial charge in [-0.15, -0.1) is 0 Å². The van der Waals surface area contributed by atoms with E-state index < -0.39 is 0 Å². The van der Waals surface area contributed by atoms with E-state index in [0.29, 0.717) is 11.8 Å². The summed E-state index contributed by atoms with van der Waals surface area (Å²) < 4.78 is 0. The molecule has 0 atom stereocenters. The SMILES string of the molecule is c1ccc2c(c1)-c1cccc(N(c3ccc4c(ccc5ccccc54)c3)c3cccc4ccccc34)c1C21C2CC3CC(C2)CC1C3. The first-order chi connectivity index (χ1) is 23.3. The highest BCUT2D eigenvalue weighted by atomic mass is 15.1. The van der Waals surface area contributed by atoms with Crippen LogP contribution < -0.4 is 4.90 Å². The standard InChI is InChI=1S/C46H37N/c1-3-12-37-32(10-1)19-20-33-28-36(21-22-38(33)37)47(43-17-7-11-31-9-2-4-13-39(31)43)44-18-8-15-41-40-14-5-6-16-42(40)46(45(41)44)34-24-29-23-30(26-34)27-35(46)25-29/h1-22,28-30,34-35H,23-27H2. The third-order valence-electron chi connectivity index (χ3n) is 12.8. The molecule has 4 fully saturated rings. The molecule has 7 aromatic carbocycles. The van der Waals surface area contributed by atoms with Gasteiger partial charge in [0.25, 0.3) is 0 Å². The fraction of sp³-hybridized carbons (Fsp3) is 0.217. The molecular formula is C46H37N. The van der Waals surface area contributed by atoms with Crippen molar-refractivity contribution in [1.82, 2.24) is 0 Å². The van der Waals surface area contributed by atoms with Gasteiger partial charge in [-0.25, -0.2) is 0 Å². The Labute approximate surface area is 276 Å². The van der Waals surface area contributed by atoms with E-state index in [1.54, 1.807) is 11.1 Å². The van der Waals surface area contributed by atoms with Crippen molar-refractivity contribution in [3.63, 3.8) is 0 Å². The van der Waals surface area contributed by atoms with Crippen molar-refractivity contribution in [3.8, 4) is 11.1 Å². The zero-order valence-electron chi connectivity index (χ0n) is 26.6. The van der Waals surface area contributed by atoms with Crippen LogP contribution in [0.3, 0.4) is 0 Å². The molecule has 12 rings (SSSR count). The first kappa shape index (κ1) is 26.2.